The van der Waals surface area contributed by atoms with E-state index in [0.29, 0.717) is 19.8 Å². The summed E-state index contributed by atoms with van der Waals surface area (Å²) in [5, 5.41) is 4.87. The lowest BCUT2D eigenvalue weighted by Gasteiger charge is -2.22. The number of benzene rings is 1. The van der Waals surface area contributed by atoms with Crippen molar-refractivity contribution in [3.05, 3.63) is 33.9 Å². The summed E-state index contributed by atoms with van der Waals surface area (Å²) >= 11 is 3.71. The zero-order valence-electron chi connectivity index (χ0n) is 13.8. The highest BCUT2D eigenvalue weighted by atomic mass is 79.9. The van der Waals surface area contributed by atoms with Gasteiger partial charge in [-0.2, -0.15) is 5.10 Å². The molecule has 1 fully saturated rings. The molecule has 1 aliphatic carbocycles. The molecule has 0 N–H and O–H groups in total. The van der Waals surface area contributed by atoms with Crippen LogP contribution in [-0.2, 0) is 28.9 Å². The van der Waals surface area contributed by atoms with Crippen molar-refractivity contribution >= 4 is 15.9 Å². The largest absolute Gasteiger partial charge is 0.497 e. The van der Waals surface area contributed by atoms with E-state index in [1.807, 2.05) is 10.7 Å². The number of halogens is 1. The zero-order chi connectivity index (χ0) is 16.5. The maximum atomic E-state index is 5.75. The van der Waals surface area contributed by atoms with Crippen molar-refractivity contribution in [3.8, 4) is 17.0 Å². The van der Waals surface area contributed by atoms with Crippen molar-refractivity contribution < 1.29 is 14.2 Å². The summed E-state index contributed by atoms with van der Waals surface area (Å²) in [5.41, 5.74) is 4.87. The van der Waals surface area contributed by atoms with E-state index in [9.17, 15) is 0 Å². The van der Waals surface area contributed by atoms with Crippen molar-refractivity contribution in [2.75, 3.05) is 26.9 Å². The molecule has 1 aliphatic heterocycles. The van der Waals surface area contributed by atoms with E-state index in [1.54, 1.807) is 7.11 Å². The number of hydrogen-bond acceptors (Lipinski definition) is 4. The van der Waals surface area contributed by atoms with Crippen LogP contribution in [0.4, 0.5) is 0 Å². The average Bonchev–Trinajstić information content (AvgIpc) is 2.89. The molecule has 0 amide bonds. The molecule has 24 heavy (non-hydrogen) atoms. The van der Waals surface area contributed by atoms with Gasteiger partial charge < -0.3 is 14.2 Å². The van der Waals surface area contributed by atoms with E-state index < -0.39 is 0 Å². The minimum Gasteiger partial charge on any atom is -0.497 e. The van der Waals surface area contributed by atoms with Crippen LogP contribution in [-0.4, -0.2) is 42.8 Å². The molecule has 1 aromatic carbocycles. The first kappa shape index (κ1) is 16.1. The Bertz CT molecular complexity index is 738. The highest BCUT2D eigenvalue weighted by molar-refractivity contribution is 9.10. The van der Waals surface area contributed by atoms with Gasteiger partial charge >= 0.3 is 0 Å². The number of aromatic nitrogens is 2. The van der Waals surface area contributed by atoms with Gasteiger partial charge in [-0.15, -0.1) is 0 Å². The first-order valence-corrected chi connectivity index (χ1v) is 9.16. The minimum absolute atomic E-state index is 0.0843. The van der Waals surface area contributed by atoms with Crippen molar-refractivity contribution in [1.82, 2.24) is 9.78 Å². The van der Waals surface area contributed by atoms with Gasteiger partial charge in [0.25, 0.3) is 0 Å². The molecule has 1 aromatic heterocycles. The molecule has 4 rings (SSSR count). The van der Waals surface area contributed by atoms with Crippen LogP contribution >= 0.6 is 15.9 Å². The Labute approximate surface area is 150 Å². The number of hydrogen-bond donors (Lipinski definition) is 0. The van der Waals surface area contributed by atoms with E-state index >= 15 is 0 Å². The Balaban J connectivity index is 1.68. The van der Waals surface area contributed by atoms with Gasteiger partial charge in [-0.05, 0) is 58.5 Å². The quantitative estimate of drug-likeness (QED) is 0.804. The molecular formula is C18H21BrN2O3. The van der Waals surface area contributed by atoms with Crippen molar-refractivity contribution in [1.29, 1.82) is 0 Å². The summed E-state index contributed by atoms with van der Waals surface area (Å²) in [6, 6.07) is 4.15. The minimum atomic E-state index is 0.0843. The van der Waals surface area contributed by atoms with Gasteiger partial charge in [0.2, 0.25) is 0 Å². The zero-order valence-corrected chi connectivity index (χ0v) is 15.3. The number of ether oxygens (including phenoxy) is 3. The monoisotopic (exact) mass is 392 g/mol. The van der Waals surface area contributed by atoms with Gasteiger partial charge in [-0.25, -0.2) is 0 Å². The summed E-state index contributed by atoms with van der Waals surface area (Å²) in [6.07, 6.45) is 5.45. The average molecular weight is 393 g/mol. The molecular weight excluding hydrogens is 372 g/mol. The predicted octanol–water partition coefficient (Wildman–Crippen LogP) is 3.23. The first-order valence-electron chi connectivity index (χ1n) is 8.37. The first-order chi connectivity index (χ1) is 11.7. The van der Waals surface area contributed by atoms with Gasteiger partial charge in [0, 0.05) is 16.2 Å². The standard InChI is InChI=1S/C18H21BrN2O3/c1-22-14-7-12-3-2-4-13-9-21(10-15-11-23-5-6-24-15)20-18(13)17(12)16(19)8-14/h7-9,15H,2-6,10-11H2,1H3/t15-/m0/s1. The molecule has 128 valence electrons. The van der Waals surface area contributed by atoms with Gasteiger partial charge in [-0.3, -0.25) is 4.68 Å². The fourth-order valence-electron chi connectivity index (χ4n) is 3.49. The third kappa shape index (κ3) is 3.10. The number of aryl methyl sites for hydroxylation is 2. The maximum Gasteiger partial charge on any atom is 0.120 e. The van der Waals surface area contributed by atoms with E-state index in [1.165, 1.54) is 16.7 Å². The highest BCUT2D eigenvalue weighted by Crippen LogP contribution is 2.39. The molecule has 0 radical (unpaired) electrons. The lowest BCUT2D eigenvalue weighted by molar-refractivity contribution is -0.0946. The van der Waals surface area contributed by atoms with E-state index in [0.717, 1.165) is 41.7 Å². The Kier molecular flexibility index (Phi) is 4.61. The van der Waals surface area contributed by atoms with Crippen LogP contribution in [0.25, 0.3) is 11.3 Å². The SMILES string of the molecule is COc1cc(Br)c2c(c1)CCCc1cn(C[C@H]3COCCO3)nc1-2. The number of nitrogens with zero attached hydrogens (tertiary/aromatic N) is 2. The predicted molar refractivity (Wildman–Crippen MR) is 94.5 cm³/mol. The number of methoxy groups -OCH3 is 1. The van der Waals surface area contributed by atoms with E-state index in [2.05, 4.69) is 28.2 Å². The van der Waals surface area contributed by atoms with Gasteiger partial charge in [0.15, 0.2) is 0 Å². The summed E-state index contributed by atoms with van der Waals surface area (Å²) in [5.74, 6) is 0.885. The molecule has 1 atom stereocenters. The van der Waals surface area contributed by atoms with E-state index in [-0.39, 0.29) is 6.10 Å². The Hall–Kier alpha value is -1.37. The second-order valence-corrected chi connectivity index (χ2v) is 7.14. The van der Waals surface area contributed by atoms with Crippen molar-refractivity contribution in [2.45, 2.75) is 31.9 Å². The normalized spacial score (nSPS) is 20.2. The number of rotatable bonds is 3. The van der Waals surface area contributed by atoms with Crippen molar-refractivity contribution in [2.24, 2.45) is 0 Å². The van der Waals surface area contributed by atoms with Crippen LogP contribution in [0.2, 0.25) is 0 Å². The Morgan fingerprint density at radius 1 is 1.29 bits per heavy atom. The molecule has 2 aliphatic rings. The molecule has 5 nitrogen and oxygen atoms in total. The fraction of sp³-hybridized carbons (Fsp3) is 0.500. The second-order valence-electron chi connectivity index (χ2n) is 6.29. The van der Waals surface area contributed by atoms with Crippen LogP contribution in [0.3, 0.4) is 0 Å². The van der Waals surface area contributed by atoms with Crippen LogP contribution in [0.1, 0.15) is 17.5 Å². The fourth-order valence-corrected chi connectivity index (χ4v) is 4.15. The molecule has 0 unspecified atom stereocenters. The van der Waals surface area contributed by atoms with Gasteiger partial charge in [0.05, 0.1) is 39.2 Å². The number of fused-ring (bicyclic) bond motifs is 3. The third-order valence-electron chi connectivity index (χ3n) is 4.62. The van der Waals surface area contributed by atoms with Crippen LogP contribution in [0.15, 0.2) is 22.8 Å². The molecule has 2 aromatic rings. The smallest absolute Gasteiger partial charge is 0.120 e. The summed E-state index contributed by atoms with van der Waals surface area (Å²) in [7, 11) is 1.71. The summed E-state index contributed by atoms with van der Waals surface area (Å²) in [4.78, 5) is 0. The maximum absolute atomic E-state index is 5.75. The third-order valence-corrected chi connectivity index (χ3v) is 5.25. The summed E-state index contributed by atoms with van der Waals surface area (Å²) in [6.45, 7) is 2.73. The molecule has 0 bridgehead atoms. The second kappa shape index (κ2) is 6.86. The highest BCUT2D eigenvalue weighted by Gasteiger charge is 2.23. The topological polar surface area (TPSA) is 45.5 Å². The van der Waals surface area contributed by atoms with Crippen LogP contribution in [0.5, 0.6) is 5.75 Å². The molecule has 6 heteroatoms. The molecule has 0 saturated carbocycles. The van der Waals surface area contributed by atoms with Crippen LogP contribution in [0, 0.1) is 0 Å². The molecule has 0 spiro atoms. The molecule has 2 heterocycles. The lowest BCUT2D eigenvalue weighted by Crippen LogP contribution is -2.32. The Morgan fingerprint density at radius 3 is 2.96 bits per heavy atom. The van der Waals surface area contributed by atoms with Gasteiger partial charge in [-0.1, -0.05) is 0 Å². The summed E-state index contributed by atoms with van der Waals surface area (Å²) < 4.78 is 19.7. The van der Waals surface area contributed by atoms with Crippen molar-refractivity contribution in [3.63, 3.8) is 0 Å². The molecule has 1 saturated heterocycles. The van der Waals surface area contributed by atoms with E-state index in [4.69, 9.17) is 19.3 Å². The lowest BCUT2D eigenvalue weighted by atomic mass is 10.0. The van der Waals surface area contributed by atoms with Gasteiger partial charge in [0.1, 0.15) is 11.9 Å². The Morgan fingerprint density at radius 2 is 2.17 bits per heavy atom. The van der Waals surface area contributed by atoms with Crippen LogP contribution < -0.4 is 4.74 Å².